The summed E-state index contributed by atoms with van der Waals surface area (Å²) < 4.78 is 36.2. The number of benzene rings is 1. The Hall–Kier alpha value is -2.02. The molecule has 8 heteroatoms. The van der Waals surface area contributed by atoms with Crippen molar-refractivity contribution in [1.29, 1.82) is 0 Å². The zero-order valence-corrected chi connectivity index (χ0v) is 13.2. The lowest BCUT2D eigenvalue weighted by molar-refractivity contribution is -0.182. The van der Waals surface area contributed by atoms with Gasteiger partial charge in [-0.2, -0.15) is 0 Å². The Balaban J connectivity index is 3.10. The molecular weight excluding hydrogens is 334 g/mol. The van der Waals surface area contributed by atoms with Gasteiger partial charge in [0.25, 0.3) is 6.43 Å². The molecule has 0 aromatic heterocycles. The Bertz CT molecular complexity index is 578. The highest BCUT2D eigenvalue weighted by atomic mass is 35.5. The maximum absolute atomic E-state index is 13.5. The Morgan fingerprint density at radius 2 is 1.78 bits per heavy atom. The molecule has 0 saturated carbocycles. The molecule has 2 atom stereocenters. The van der Waals surface area contributed by atoms with Gasteiger partial charge < -0.3 is 9.47 Å². The minimum atomic E-state index is -3.54. The van der Waals surface area contributed by atoms with E-state index in [0.29, 0.717) is 5.56 Å². The number of halogens is 3. The van der Waals surface area contributed by atoms with Crippen LogP contribution in [-0.2, 0) is 30.5 Å². The fourth-order valence-corrected chi connectivity index (χ4v) is 2.32. The third kappa shape index (κ3) is 3.85. The molecule has 5 nitrogen and oxygen atoms in total. The van der Waals surface area contributed by atoms with Crippen molar-refractivity contribution in [3.63, 3.8) is 0 Å². The summed E-state index contributed by atoms with van der Waals surface area (Å²) in [6, 6.07) is 8.24. The summed E-state index contributed by atoms with van der Waals surface area (Å²) in [7, 11) is 0.947. The van der Waals surface area contributed by atoms with Crippen molar-refractivity contribution in [1.82, 2.24) is 0 Å². The van der Waals surface area contributed by atoms with E-state index < -0.39 is 34.9 Å². The molecule has 2 unspecified atom stereocenters. The van der Waals surface area contributed by atoms with E-state index >= 15 is 0 Å². The lowest BCUT2D eigenvalue weighted by Crippen LogP contribution is -2.52. The minimum absolute atomic E-state index is 0.341. The van der Waals surface area contributed by atoms with E-state index in [1.807, 2.05) is 0 Å². The highest BCUT2D eigenvalue weighted by molar-refractivity contribution is 6.66. The number of hydrogen-bond donors (Lipinski definition) is 0. The largest absolute Gasteiger partial charge is 0.469 e. The second-order valence-electron chi connectivity index (χ2n) is 4.75. The molecule has 0 spiro atoms. The molecule has 0 aliphatic heterocycles. The van der Waals surface area contributed by atoms with Crippen molar-refractivity contribution in [3.8, 4) is 0 Å². The Kier molecular flexibility index (Phi) is 6.62. The third-order valence-electron chi connectivity index (χ3n) is 3.46. The summed E-state index contributed by atoms with van der Waals surface area (Å²) in [5.41, 5.74) is -2.60. The fourth-order valence-electron chi connectivity index (χ4n) is 2.00. The van der Waals surface area contributed by atoms with E-state index in [2.05, 4.69) is 4.74 Å². The Morgan fingerprint density at radius 1 is 1.22 bits per heavy atom. The molecule has 126 valence electrons. The van der Waals surface area contributed by atoms with Crippen molar-refractivity contribution in [2.75, 3.05) is 7.11 Å². The zero-order valence-electron chi connectivity index (χ0n) is 12.4. The zero-order chi connectivity index (χ0) is 17.6. The maximum Gasteiger partial charge on any atom is 0.328 e. The van der Waals surface area contributed by atoms with Gasteiger partial charge in [-0.05, 0) is 17.2 Å². The van der Waals surface area contributed by atoms with Crippen LogP contribution in [0.3, 0.4) is 0 Å². The maximum atomic E-state index is 13.5. The van der Waals surface area contributed by atoms with Gasteiger partial charge in [0.15, 0.2) is 0 Å². The normalized spacial score (nSPS) is 14.7. The number of hydrogen-bond acceptors (Lipinski definition) is 5. The van der Waals surface area contributed by atoms with Gasteiger partial charge in [0.1, 0.15) is 6.61 Å². The van der Waals surface area contributed by atoms with Crippen molar-refractivity contribution < 1.29 is 32.6 Å². The number of rotatable bonds is 7. The number of methoxy groups -OCH3 is 1. The van der Waals surface area contributed by atoms with E-state index in [-0.39, 0.29) is 6.61 Å². The first-order valence-corrected chi connectivity index (χ1v) is 6.93. The summed E-state index contributed by atoms with van der Waals surface area (Å²) in [4.78, 5) is 35.3. The highest BCUT2D eigenvalue weighted by Gasteiger charge is 2.61. The lowest BCUT2D eigenvalue weighted by atomic mass is 9.77. The molecular formula is C15H15ClF2O5. The van der Waals surface area contributed by atoms with E-state index in [0.717, 1.165) is 14.0 Å². The molecule has 0 N–H and O–H groups in total. The van der Waals surface area contributed by atoms with Crippen LogP contribution >= 0.6 is 11.6 Å². The number of alkyl halides is 2. The van der Waals surface area contributed by atoms with Gasteiger partial charge in [0.05, 0.1) is 13.0 Å². The topological polar surface area (TPSA) is 69.7 Å². The van der Waals surface area contributed by atoms with Crippen LogP contribution in [0.2, 0.25) is 0 Å². The molecule has 0 radical (unpaired) electrons. The van der Waals surface area contributed by atoms with Crippen LogP contribution in [0.1, 0.15) is 12.5 Å². The van der Waals surface area contributed by atoms with Crippen molar-refractivity contribution >= 4 is 28.8 Å². The molecule has 0 bridgehead atoms. The van der Waals surface area contributed by atoms with E-state index in [4.69, 9.17) is 16.3 Å². The molecule has 0 fully saturated rings. The Morgan fingerprint density at radius 3 is 2.22 bits per heavy atom. The van der Waals surface area contributed by atoms with Gasteiger partial charge in [-0.1, -0.05) is 37.3 Å². The summed E-state index contributed by atoms with van der Waals surface area (Å²) in [5, 5.41) is -1.68. The van der Waals surface area contributed by atoms with Gasteiger partial charge in [-0.15, -0.1) is 0 Å². The molecule has 23 heavy (non-hydrogen) atoms. The molecule has 1 aromatic rings. The van der Waals surface area contributed by atoms with Crippen molar-refractivity contribution in [2.45, 2.75) is 20.0 Å². The monoisotopic (exact) mass is 348 g/mol. The molecule has 1 rings (SSSR count). The summed E-state index contributed by atoms with van der Waals surface area (Å²) in [5.74, 6) is -4.55. The second kappa shape index (κ2) is 8.01. The van der Waals surface area contributed by atoms with Gasteiger partial charge in [0.2, 0.25) is 10.7 Å². The van der Waals surface area contributed by atoms with Gasteiger partial charge in [0, 0.05) is 0 Å². The average Bonchev–Trinajstić information content (AvgIpc) is 2.52. The summed E-state index contributed by atoms with van der Waals surface area (Å²) >= 11 is 5.24. The Labute approximate surface area is 136 Å². The number of esters is 2. The lowest BCUT2D eigenvalue weighted by Gasteiger charge is -2.30. The smallest absolute Gasteiger partial charge is 0.328 e. The molecule has 1 aromatic carbocycles. The first-order valence-electron chi connectivity index (χ1n) is 6.55. The number of carbonyl (C=O) groups excluding carboxylic acids is 3. The first-order chi connectivity index (χ1) is 10.8. The van der Waals surface area contributed by atoms with Gasteiger partial charge in [-0.3, -0.25) is 14.4 Å². The van der Waals surface area contributed by atoms with Crippen LogP contribution in [-0.4, -0.2) is 30.7 Å². The molecule has 0 aliphatic rings. The van der Waals surface area contributed by atoms with Crippen molar-refractivity contribution in [2.24, 2.45) is 11.3 Å². The predicted molar refractivity (Wildman–Crippen MR) is 76.7 cm³/mol. The molecule has 0 heterocycles. The van der Waals surface area contributed by atoms with E-state index in [1.165, 1.54) is 0 Å². The van der Waals surface area contributed by atoms with Crippen LogP contribution in [0.25, 0.3) is 0 Å². The predicted octanol–water partition coefficient (Wildman–Crippen LogP) is 2.56. The standard InChI is InChI=1S/C15H15ClF2O5/c1-9(11(19)22-2)15(12(16)20,13(17)18)14(21)23-8-10-6-4-3-5-7-10/h3-7,9,13H,8H2,1-2H3. The minimum Gasteiger partial charge on any atom is -0.469 e. The van der Waals surface area contributed by atoms with Crippen molar-refractivity contribution in [3.05, 3.63) is 35.9 Å². The highest BCUT2D eigenvalue weighted by Crippen LogP contribution is 2.39. The molecule has 0 aliphatic carbocycles. The average molecular weight is 349 g/mol. The third-order valence-corrected chi connectivity index (χ3v) is 3.77. The van der Waals surface area contributed by atoms with Gasteiger partial charge in [-0.25, -0.2) is 8.78 Å². The van der Waals surface area contributed by atoms with E-state index in [1.54, 1.807) is 30.3 Å². The van der Waals surface area contributed by atoms with E-state index in [9.17, 15) is 23.2 Å². The van der Waals surface area contributed by atoms with Crippen LogP contribution in [0.4, 0.5) is 8.78 Å². The van der Waals surface area contributed by atoms with Crippen LogP contribution < -0.4 is 0 Å². The number of ether oxygens (including phenoxy) is 2. The number of carbonyl (C=O) groups is 3. The van der Waals surface area contributed by atoms with Gasteiger partial charge >= 0.3 is 11.9 Å². The summed E-state index contributed by atoms with van der Waals surface area (Å²) in [6.45, 7) is 0.619. The first kappa shape index (κ1) is 19.0. The van der Waals surface area contributed by atoms with Crippen LogP contribution in [0, 0.1) is 11.3 Å². The van der Waals surface area contributed by atoms with Crippen LogP contribution in [0.5, 0.6) is 0 Å². The quantitative estimate of drug-likeness (QED) is 0.430. The fraction of sp³-hybridized carbons (Fsp3) is 0.400. The summed E-state index contributed by atoms with van der Waals surface area (Å²) in [6.07, 6.45) is -3.54. The van der Waals surface area contributed by atoms with Crippen LogP contribution in [0.15, 0.2) is 30.3 Å². The SMILES string of the molecule is COC(=O)C(C)C(C(=O)Cl)(C(=O)OCc1ccccc1)C(F)F. The second-order valence-corrected chi connectivity index (χ2v) is 5.09. The molecule has 0 saturated heterocycles. The molecule has 0 amide bonds.